The van der Waals surface area contributed by atoms with Gasteiger partial charge in [0.2, 0.25) is 0 Å². The average Bonchev–Trinajstić information content (AvgIpc) is 3.01. The summed E-state index contributed by atoms with van der Waals surface area (Å²) in [6, 6.07) is 7.30. The van der Waals surface area contributed by atoms with Crippen molar-refractivity contribution in [3.05, 3.63) is 42.0 Å². The molecular weight excluding hydrogens is 286 g/mol. The van der Waals surface area contributed by atoms with Crippen LogP contribution in [0.1, 0.15) is 24.1 Å². The molecule has 2 aromatic rings. The molecule has 1 saturated heterocycles. The molecule has 0 spiro atoms. The van der Waals surface area contributed by atoms with E-state index in [1.807, 2.05) is 20.3 Å². The van der Waals surface area contributed by atoms with Crippen LogP contribution in [0.5, 0.6) is 0 Å². The van der Waals surface area contributed by atoms with Gasteiger partial charge in [0.25, 0.3) is 0 Å². The average molecular weight is 313 g/mol. The Bertz CT molecular complexity index is 649. The number of imidazole rings is 1. The van der Waals surface area contributed by atoms with Crippen molar-refractivity contribution >= 4 is 5.69 Å². The highest BCUT2D eigenvalue weighted by atomic mass is 15.2. The topological polar surface area (TPSA) is 45.1 Å². The number of piperidine rings is 1. The van der Waals surface area contributed by atoms with Crippen LogP contribution in [0.4, 0.5) is 5.69 Å². The zero-order valence-electron chi connectivity index (χ0n) is 14.3. The fraction of sp³-hybridized carbons (Fsp3) is 0.500. The number of nitrogens with zero attached hydrogens (tertiary/aromatic N) is 3. The third-order valence-electron chi connectivity index (χ3n) is 4.60. The van der Waals surface area contributed by atoms with E-state index in [1.165, 1.54) is 24.9 Å². The molecule has 1 fully saturated rings. The molecule has 5 nitrogen and oxygen atoms in total. The van der Waals surface area contributed by atoms with Crippen molar-refractivity contribution in [1.29, 1.82) is 0 Å². The highest BCUT2D eigenvalue weighted by Gasteiger charge is 2.18. The van der Waals surface area contributed by atoms with Crippen LogP contribution in [0.15, 0.2) is 30.7 Å². The monoisotopic (exact) mass is 313 g/mol. The lowest BCUT2D eigenvalue weighted by molar-refractivity contribution is 0.188. The van der Waals surface area contributed by atoms with Crippen molar-refractivity contribution in [3.8, 4) is 5.69 Å². The van der Waals surface area contributed by atoms with E-state index in [2.05, 4.69) is 56.5 Å². The summed E-state index contributed by atoms with van der Waals surface area (Å²) in [5, 5.41) is 6.69. The summed E-state index contributed by atoms with van der Waals surface area (Å²) >= 11 is 0. The highest BCUT2D eigenvalue weighted by Crippen LogP contribution is 2.21. The second-order valence-electron chi connectivity index (χ2n) is 6.42. The van der Waals surface area contributed by atoms with Crippen LogP contribution in [-0.4, -0.2) is 47.7 Å². The van der Waals surface area contributed by atoms with E-state index in [9.17, 15) is 0 Å². The van der Waals surface area contributed by atoms with Gasteiger partial charge >= 0.3 is 0 Å². The van der Waals surface area contributed by atoms with Gasteiger partial charge in [-0.15, -0.1) is 0 Å². The third-order valence-corrected chi connectivity index (χ3v) is 4.60. The van der Waals surface area contributed by atoms with E-state index in [0.717, 1.165) is 30.2 Å². The smallest absolute Gasteiger partial charge is 0.0995 e. The van der Waals surface area contributed by atoms with Crippen LogP contribution in [0, 0.1) is 6.92 Å². The number of hydrogen-bond acceptors (Lipinski definition) is 4. The van der Waals surface area contributed by atoms with Gasteiger partial charge < -0.3 is 15.2 Å². The van der Waals surface area contributed by atoms with E-state index in [0.29, 0.717) is 6.04 Å². The van der Waals surface area contributed by atoms with Crippen LogP contribution in [0.25, 0.3) is 5.69 Å². The van der Waals surface area contributed by atoms with Gasteiger partial charge in [0.1, 0.15) is 0 Å². The molecule has 3 rings (SSSR count). The normalized spacial score (nSPS) is 19.0. The Hall–Kier alpha value is -1.85. The largest absolute Gasteiger partial charge is 0.388 e. The van der Waals surface area contributed by atoms with Gasteiger partial charge in [0.05, 0.1) is 12.0 Å². The first-order chi connectivity index (χ1) is 11.2. The lowest BCUT2D eigenvalue weighted by Gasteiger charge is -2.32. The quantitative estimate of drug-likeness (QED) is 0.890. The molecule has 0 saturated carbocycles. The molecule has 124 valence electrons. The highest BCUT2D eigenvalue weighted by molar-refractivity contribution is 5.54. The summed E-state index contributed by atoms with van der Waals surface area (Å²) < 4.78 is 2.09. The molecule has 1 aromatic heterocycles. The number of anilines is 1. The first-order valence-corrected chi connectivity index (χ1v) is 8.40. The predicted octanol–water partition coefficient (Wildman–Crippen LogP) is 2.41. The molecule has 1 atom stereocenters. The Labute approximate surface area is 138 Å². The van der Waals surface area contributed by atoms with Crippen LogP contribution >= 0.6 is 0 Å². The van der Waals surface area contributed by atoms with E-state index < -0.39 is 0 Å². The molecule has 0 amide bonds. The number of hydrogen-bond donors (Lipinski definition) is 2. The summed E-state index contributed by atoms with van der Waals surface area (Å²) in [6.07, 6.45) is 6.50. The maximum Gasteiger partial charge on any atom is 0.0995 e. The fourth-order valence-corrected chi connectivity index (χ4v) is 3.31. The number of nitrogens with one attached hydrogen (secondary N) is 2. The minimum Gasteiger partial charge on any atom is -0.388 e. The van der Waals surface area contributed by atoms with Gasteiger partial charge in [0.15, 0.2) is 0 Å². The molecule has 2 heterocycles. The molecule has 1 unspecified atom stereocenters. The molecule has 0 bridgehead atoms. The molecule has 1 aliphatic rings. The fourth-order valence-electron chi connectivity index (χ4n) is 3.31. The predicted molar refractivity (Wildman–Crippen MR) is 95.2 cm³/mol. The van der Waals surface area contributed by atoms with Crippen LogP contribution in [-0.2, 0) is 6.54 Å². The summed E-state index contributed by atoms with van der Waals surface area (Å²) in [7, 11) is 4.04. The number of likely N-dealkylation sites (N-methyl/N-ethyl adjacent to an activating group) is 1. The van der Waals surface area contributed by atoms with Crippen molar-refractivity contribution in [3.63, 3.8) is 0 Å². The molecule has 0 radical (unpaired) electrons. The molecule has 23 heavy (non-hydrogen) atoms. The summed E-state index contributed by atoms with van der Waals surface area (Å²) in [4.78, 5) is 6.88. The summed E-state index contributed by atoms with van der Waals surface area (Å²) in [5.41, 5.74) is 4.69. The molecule has 2 N–H and O–H groups in total. The minimum atomic E-state index is 0.618. The van der Waals surface area contributed by atoms with E-state index >= 15 is 0 Å². The zero-order chi connectivity index (χ0) is 16.2. The number of likely N-dealkylation sites (tertiary alicyclic amines) is 1. The Balaban J connectivity index is 1.81. The lowest BCUT2D eigenvalue weighted by atomic mass is 10.0. The SMILES string of the molecule is CNc1cc(CN2CCCC(NC)C2)cc(-n2cnc(C)c2)c1. The Morgan fingerprint density at radius 2 is 2.13 bits per heavy atom. The number of aromatic nitrogens is 2. The number of rotatable bonds is 5. The molecule has 1 aromatic carbocycles. The van der Waals surface area contributed by atoms with Gasteiger partial charge in [-0.25, -0.2) is 4.98 Å². The maximum atomic E-state index is 4.34. The zero-order valence-corrected chi connectivity index (χ0v) is 14.3. The summed E-state index contributed by atoms with van der Waals surface area (Å²) in [6.45, 7) is 5.32. The van der Waals surface area contributed by atoms with E-state index in [1.54, 1.807) is 0 Å². The van der Waals surface area contributed by atoms with Gasteiger partial charge in [-0.2, -0.15) is 0 Å². The van der Waals surface area contributed by atoms with Crippen LogP contribution in [0.2, 0.25) is 0 Å². The van der Waals surface area contributed by atoms with Crippen molar-refractivity contribution < 1.29 is 0 Å². The summed E-state index contributed by atoms with van der Waals surface area (Å²) in [5.74, 6) is 0. The molecule has 1 aliphatic heterocycles. The molecule has 5 heteroatoms. The van der Waals surface area contributed by atoms with E-state index in [-0.39, 0.29) is 0 Å². The number of benzene rings is 1. The van der Waals surface area contributed by atoms with Crippen molar-refractivity contribution in [2.45, 2.75) is 32.4 Å². The van der Waals surface area contributed by atoms with Crippen LogP contribution in [0.3, 0.4) is 0 Å². The second kappa shape index (κ2) is 7.15. The first-order valence-electron chi connectivity index (χ1n) is 8.40. The number of aryl methyl sites for hydroxylation is 1. The second-order valence-corrected chi connectivity index (χ2v) is 6.42. The first kappa shape index (κ1) is 16.0. The Morgan fingerprint density at radius 1 is 1.26 bits per heavy atom. The molecule has 0 aliphatic carbocycles. The lowest BCUT2D eigenvalue weighted by Crippen LogP contribution is -2.43. The van der Waals surface area contributed by atoms with Crippen molar-refractivity contribution in [1.82, 2.24) is 19.8 Å². The van der Waals surface area contributed by atoms with Crippen molar-refractivity contribution in [2.24, 2.45) is 0 Å². The van der Waals surface area contributed by atoms with Crippen LogP contribution < -0.4 is 10.6 Å². The third kappa shape index (κ3) is 3.92. The van der Waals surface area contributed by atoms with Gasteiger partial charge in [-0.05, 0) is 57.1 Å². The minimum absolute atomic E-state index is 0.618. The Kier molecular flexibility index (Phi) is 4.98. The molecular formula is C18H27N5. The Morgan fingerprint density at radius 3 is 2.83 bits per heavy atom. The van der Waals surface area contributed by atoms with Gasteiger partial charge in [0, 0.05) is 43.8 Å². The maximum absolute atomic E-state index is 4.34. The van der Waals surface area contributed by atoms with Gasteiger partial charge in [-0.1, -0.05) is 0 Å². The standard InChI is InChI=1S/C18H27N5/c1-14-10-23(13-21-14)18-8-15(7-17(9-18)20-3)11-22-6-4-5-16(12-22)19-2/h7-10,13,16,19-20H,4-6,11-12H2,1-3H3. The van der Waals surface area contributed by atoms with Crippen molar-refractivity contribution in [2.75, 3.05) is 32.5 Å². The van der Waals surface area contributed by atoms with Gasteiger partial charge in [-0.3, -0.25) is 4.90 Å². The van der Waals surface area contributed by atoms with E-state index in [4.69, 9.17) is 0 Å².